The van der Waals surface area contributed by atoms with Crippen molar-refractivity contribution in [2.45, 2.75) is 0 Å². The third-order valence-corrected chi connectivity index (χ3v) is 8.96. The zero-order valence-electron chi connectivity index (χ0n) is 26.9. The van der Waals surface area contributed by atoms with E-state index in [1.807, 2.05) is 0 Å². The minimum Gasteiger partial charge on any atom is -0.744 e. The van der Waals surface area contributed by atoms with Crippen molar-refractivity contribution in [1.29, 1.82) is 0 Å². The van der Waals surface area contributed by atoms with Crippen molar-refractivity contribution in [2.24, 2.45) is 10.2 Å². The number of nitrogens with zero attached hydrogens (tertiary/aromatic N) is 2. The van der Waals surface area contributed by atoms with Crippen LogP contribution in [0.1, 0.15) is 31.8 Å². The van der Waals surface area contributed by atoms with Crippen LogP contribution in [0.15, 0.2) is 105 Å². The molecule has 0 heterocycles. The van der Waals surface area contributed by atoms with Crippen LogP contribution in [0.2, 0.25) is 0 Å². The van der Waals surface area contributed by atoms with Gasteiger partial charge in [0.2, 0.25) is 11.6 Å². The number of carbonyl (C=O) groups is 2. The van der Waals surface area contributed by atoms with Gasteiger partial charge in [-0.15, -0.1) is 0 Å². The molecule has 248 valence electrons. The number of Topliss-reactive ketones (excluding diaryl/α,β-unsaturated/α-hetero) is 2. The van der Waals surface area contributed by atoms with Gasteiger partial charge in [-0.05, 0) is 96.1 Å². The normalized spacial score (nSPS) is 15.4. The van der Waals surface area contributed by atoms with Crippen LogP contribution in [-0.2, 0) is 20.2 Å². The summed E-state index contributed by atoms with van der Waals surface area (Å²) in [5.74, 6) is -1.64. The zero-order valence-corrected chi connectivity index (χ0v) is 32.5. The number of ketones is 2. The molecule has 0 saturated carbocycles. The Morgan fingerprint density at radius 2 is 0.941 bits per heavy atom. The van der Waals surface area contributed by atoms with Crippen LogP contribution in [-0.4, -0.2) is 48.9 Å². The molecule has 0 aromatic heterocycles. The first-order valence-corrected chi connectivity index (χ1v) is 16.9. The Hall–Kier alpha value is -4.14. The average Bonchev–Trinajstić information content (AvgIpc) is 3.03. The predicted octanol–water partition coefficient (Wildman–Crippen LogP) is -2.30. The van der Waals surface area contributed by atoms with E-state index in [2.05, 4.69) is 26.4 Å². The Morgan fingerprint density at radius 3 is 1.29 bits per heavy atom. The van der Waals surface area contributed by atoms with Crippen LogP contribution in [0.4, 0.5) is 34.1 Å². The van der Waals surface area contributed by atoms with Gasteiger partial charge in [0, 0.05) is 33.9 Å². The molecule has 0 spiro atoms. The molecule has 2 aliphatic carbocycles. The quantitative estimate of drug-likeness (QED) is 0.0551. The van der Waals surface area contributed by atoms with Gasteiger partial charge in [-0.2, -0.15) is 10.2 Å². The fraction of sp³-hybridized carbons (Fsp3) is 0. The number of allylic oxidation sites excluding steroid dienone is 2. The van der Waals surface area contributed by atoms with Crippen molar-refractivity contribution >= 4 is 89.5 Å². The molecule has 0 amide bonds. The minimum atomic E-state index is -5.15. The number of nitrogen functional groups attached to an aromatic ring is 2. The molecule has 0 fully saturated rings. The molecule has 0 atom stereocenters. The van der Waals surface area contributed by atoms with E-state index < -0.39 is 53.0 Å². The Morgan fingerprint density at radius 1 is 0.549 bits per heavy atom. The summed E-state index contributed by atoms with van der Waals surface area (Å²) in [5.41, 5.74) is 17.9. The number of nitrogens with one attached hydrogen (secondary N) is 3. The number of fused-ring (bicyclic) bond motifs is 2. The second kappa shape index (κ2) is 15.6. The van der Waals surface area contributed by atoms with E-state index in [4.69, 9.17) is 11.5 Å². The van der Waals surface area contributed by atoms with Crippen molar-refractivity contribution in [3.63, 3.8) is 0 Å². The first kappa shape index (κ1) is 39.6. The topological polar surface area (TPSA) is 261 Å². The molecular weight excluding hydrogens is 721 g/mol. The number of rotatable bonds is 8. The molecule has 15 nitrogen and oxygen atoms in total. The Balaban J connectivity index is 0.00000292. The molecule has 2 aliphatic rings. The Labute approximate surface area is 336 Å². The molecule has 0 aliphatic heterocycles. The molecule has 7 N–H and O–H groups in total. The van der Waals surface area contributed by atoms with Crippen LogP contribution < -0.4 is 86.8 Å². The fourth-order valence-electron chi connectivity index (χ4n) is 5.05. The summed E-state index contributed by atoms with van der Waals surface area (Å²) in [5, 5.41) is 10.8. The molecule has 4 aromatic rings. The van der Waals surface area contributed by atoms with Gasteiger partial charge in [0.15, 0.2) is 0 Å². The van der Waals surface area contributed by atoms with Gasteiger partial charge in [-0.3, -0.25) is 20.4 Å². The van der Waals surface area contributed by atoms with Gasteiger partial charge in [0.25, 0.3) is 0 Å². The van der Waals surface area contributed by atoms with Crippen LogP contribution in [0.5, 0.6) is 0 Å². The summed E-state index contributed by atoms with van der Waals surface area (Å²) >= 11 is 0. The van der Waals surface area contributed by atoms with E-state index in [0.717, 1.165) is 12.2 Å². The van der Waals surface area contributed by atoms with Gasteiger partial charge in [0.1, 0.15) is 31.7 Å². The van der Waals surface area contributed by atoms with Gasteiger partial charge in [-0.1, -0.05) is 12.1 Å². The third kappa shape index (κ3) is 8.85. The maximum Gasteiger partial charge on any atom is 1.00 e. The molecule has 19 heteroatoms. The van der Waals surface area contributed by atoms with Gasteiger partial charge < -0.3 is 25.9 Å². The van der Waals surface area contributed by atoms with Crippen molar-refractivity contribution in [1.82, 2.24) is 0 Å². The number of anilines is 6. The Kier molecular flexibility index (Phi) is 12.1. The average molecular weight is 744 g/mol. The minimum absolute atomic E-state index is 0. The van der Waals surface area contributed by atoms with Crippen LogP contribution in [0, 0.1) is 0 Å². The van der Waals surface area contributed by atoms with Crippen molar-refractivity contribution in [2.75, 3.05) is 27.6 Å². The van der Waals surface area contributed by atoms with Crippen LogP contribution >= 0.6 is 0 Å². The largest absolute Gasteiger partial charge is 1.00 e. The van der Waals surface area contributed by atoms with E-state index in [0.29, 0.717) is 34.1 Å². The molecule has 0 bridgehead atoms. The summed E-state index contributed by atoms with van der Waals surface area (Å²) in [6.07, 6.45) is 2.06. The van der Waals surface area contributed by atoms with E-state index in [-0.39, 0.29) is 81.4 Å². The SMILES string of the molecule is Nc1cccc(N/N=C2/C(=O)c3ccc(Nc4ccc5c(c4)C=C(S(=O)(=O)[O-])/C(=N\Nc4cccc(N)c4)C5=O)cc3C=C2S(=O)(=O)[O-])c1.[Na+].[Na+]. The molecule has 51 heavy (non-hydrogen) atoms. The number of hydrogen-bond donors (Lipinski definition) is 5. The summed E-state index contributed by atoms with van der Waals surface area (Å²) in [4.78, 5) is 24.9. The second-order valence-corrected chi connectivity index (χ2v) is 13.4. The molecular formula is C32H23N7Na2O8S2. The molecule has 0 radical (unpaired) electrons. The Bertz CT molecular complexity index is 2280. The first-order chi connectivity index (χ1) is 23.2. The van der Waals surface area contributed by atoms with E-state index in [9.17, 15) is 35.5 Å². The summed E-state index contributed by atoms with van der Waals surface area (Å²) in [7, 11) is -10.3. The predicted molar refractivity (Wildman–Crippen MR) is 184 cm³/mol. The van der Waals surface area contributed by atoms with Crippen LogP contribution in [0.3, 0.4) is 0 Å². The van der Waals surface area contributed by atoms with Crippen molar-refractivity contribution < 1.29 is 94.6 Å². The summed E-state index contributed by atoms with van der Waals surface area (Å²) in [6, 6.07) is 21.3. The fourth-order valence-corrected chi connectivity index (χ4v) is 6.34. The summed E-state index contributed by atoms with van der Waals surface area (Å²) in [6.45, 7) is 0. The molecule has 0 saturated heterocycles. The molecule has 4 aromatic carbocycles. The van der Waals surface area contributed by atoms with Gasteiger partial charge in [-0.25, -0.2) is 16.8 Å². The van der Waals surface area contributed by atoms with Gasteiger partial charge >= 0.3 is 59.1 Å². The number of benzene rings is 4. The number of nitrogens with two attached hydrogens (primary N) is 2. The molecule has 0 unspecified atom stereocenters. The smallest absolute Gasteiger partial charge is 0.744 e. The maximum atomic E-state index is 13.3. The van der Waals surface area contributed by atoms with Crippen molar-refractivity contribution in [3.05, 3.63) is 117 Å². The monoisotopic (exact) mass is 743 g/mol. The molecule has 6 rings (SSSR count). The second-order valence-electron chi connectivity index (χ2n) is 10.7. The van der Waals surface area contributed by atoms with E-state index in [1.165, 1.54) is 48.5 Å². The number of hydrazone groups is 2. The zero-order chi connectivity index (χ0) is 35.1. The van der Waals surface area contributed by atoms with Crippen LogP contribution in [0.25, 0.3) is 12.2 Å². The van der Waals surface area contributed by atoms with Gasteiger partial charge in [0.05, 0.1) is 21.2 Å². The number of hydrogen-bond acceptors (Lipinski definition) is 15. The first-order valence-electron chi connectivity index (χ1n) is 14.1. The maximum absolute atomic E-state index is 13.3. The van der Waals surface area contributed by atoms with E-state index >= 15 is 0 Å². The van der Waals surface area contributed by atoms with Crippen molar-refractivity contribution in [3.8, 4) is 0 Å². The standard InChI is InChI=1S/C32H25N7O8S2.2Na/c33-19-3-1-5-23(15-19)36-38-29-27(48(42,43)44)13-17-11-21(7-9-25(17)31(29)40)35-22-8-10-26-18(12-22)14-28(49(45,46)47)30(32(26)41)39-37-24-6-2-4-20(34)16-24;;/h1-16,35-37H,33-34H2,(H,42,43,44)(H,45,46,47);;/q;2*+1/p-2/b38-29+,39-30+;;. The number of carbonyl (C=O) groups excluding carboxylic acids is 2. The van der Waals surface area contributed by atoms with E-state index in [1.54, 1.807) is 36.4 Å². The summed E-state index contributed by atoms with van der Waals surface area (Å²) < 4.78 is 73.0. The third-order valence-electron chi connectivity index (χ3n) is 7.26.